The van der Waals surface area contributed by atoms with Crippen LogP contribution in [0.15, 0.2) is 75.8 Å². The van der Waals surface area contributed by atoms with Gasteiger partial charge in [0.15, 0.2) is 34.9 Å². The van der Waals surface area contributed by atoms with Crippen LogP contribution in [0.5, 0.6) is 0 Å². The minimum atomic E-state index is -1.17. The van der Waals surface area contributed by atoms with Crippen molar-refractivity contribution in [3.05, 3.63) is 77.3 Å². The van der Waals surface area contributed by atoms with E-state index in [1.54, 1.807) is 55.5 Å². The number of fused-ring (bicyclic) bond motifs is 4. The number of quaternary nitrogens is 2. The Hall–Kier alpha value is -4.55. The first kappa shape index (κ1) is 24.5. The van der Waals surface area contributed by atoms with Gasteiger partial charge in [-0.3, -0.25) is 9.80 Å². The van der Waals surface area contributed by atoms with Crippen LogP contribution in [0.3, 0.4) is 0 Å². The van der Waals surface area contributed by atoms with Crippen LogP contribution < -0.4 is 8.97 Å². The highest BCUT2D eigenvalue weighted by atomic mass is 16.4. The van der Waals surface area contributed by atoms with Crippen molar-refractivity contribution in [1.29, 1.82) is 0 Å². The van der Waals surface area contributed by atoms with Crippen molar-refractivity contribution < 1.29 is 33.8 Å². The van der Waals surface area contributed by atoms with Gasteiger partial charge in [0.2, 0.25) is 5.89 Å². The molecule has 2 atom stereocenters. The molecule has 1 aromatic rings. The molecule has 0 spiro atoms. The number of oxazole rings is 1. The van der Waals surface area contributed by atoms with Crippen molar-refractivity contribution >= 4 is 35.7 Å². The standard InChI is InChI=1S/C28H25N5O7/c1-16-29-23(32(17-6-7-18(32)9-8-17)24(34)21-4-2-14-30(21)27(36)37)26(40-16)33(19-10-11-20(33)13-12-19)25(35)22-5-3-15-31(22)28(38)39/h6-13,21-22H,2-5,14-15H2,1H3/p+2/t21-,22-/m0/s1. The molecular weight excluding hydrogens is 518 g/mol. The van der Waals surface area contributed by atoms with Gasteiger partial charge in [0.25, 0.3) is 0 Å². The lowest BCUT2D eigenvalue weighted by molar-refractivity contribution is -0.132. The number of rotatable bonds is 4. The summed E-state index contributed by atoms with van der Waals surface area (Å²) in [6.07, 6.45) is 13.8. The molecule has 0 aliphatic carbocycles. The second-order valence-corrected chi connectivity index (χ2v) is 10.7. The van der Waals surface area contributed by atoms with Crippen molar-refractivity contribution in [3.8, 4) is 0 Å². The van der Waals surface area contributed by atoms with Crippen LogP contribution in [0.2, 0.25) is 0 Å². The second-order valence-electron chi connectivity index (χ2n) is 10.7. The van der Waals surface area contributed by atoms with Gasteiger partial charge in [0.05, 0.1) is 0 Å². The largest absolute Gasteiger partial charge is 0.465 e. The molecule has 6 aliphatic rings. The molecule has 2 fully saturated rings. The van der Waals surface area contributed by atoms with Gasteiger partial charge >= 0.3 is 35.7 Å². The quantitative estimate of drug-likeness (QED) is 0.547. The number of carboxylic acid groups (broad SMARTS) is 2. The number of hydrogen-bond donors (Lipinski definition) is 2. The highest BCUT2D eigenvalue weighted by molar-refractivity contribution is 6.07. The maximum atomic E-state index is 14.6. The van der Waals surface area contributed by atoms with Crippen LogP contribution in [-0.4, -0.2) is 74.2 Å². The first-order valence-electron chi connectivity index (χ1n) is 13.3. The van der Waals surface area contributed by atoms with Gasteiger partial charge < -0.3 is 14.6 Å². The number of nitrogens with zero attached hydrogens (tertiary/aromatic N) is 5. The third-order valence-electron chi connectivity index (χ3n) is 8.80. The molecule has 4 bridgehead atoms. The van der Waals surface area contributed by atoms with E-state index < -0.39 is 45.1 Å². The molecule has 204 valence electrons. The van der Waals surface area contributed by atoms with Crippen LogP contribution in [-0.2, 0) is 9.59 Å². The van der Waals surface area contributed by atoms with Crippen LogP contribution in [0.25, 0.3) is 0 Å². The Balaban J connectivity index is 1.44. The number of aromatic nitrogens is 1. The molecule has 1 aromatic heterocycles. The van der Waals surface area contributed by atoms with E-state index in [-0.39, 0.29) is 30.7 Å². The van der Waals surface area contributed by atoms with E-state index in [4.69, 9.17) is 9.40 Å². The zero-order chi connectivity index (χ0) is 28.0. The van der Waals surface area contributed by atoms with Gasteiger partial charge in [-0.15, -0.1) is 8.97 Å². The van der Waals surface area contributed by atoms with E-state index in [0.717, 1.165) is 4.90 Å². The van der Waals surface area contributed by atoms with Gasteiger partial charge in [-0.25, -0.2) is 19.2 Å². The summed E-state index contributed by atoms with van der Waals surface area (Å²) in [4.78, 5) is 60.4. The number of carbonyl (C=O) groups excluding carboxylic acids is 2. The zero-order valence-corrected chi connectivity index (χ0v) is 21.7. The minimum Gasteiger partial charge on any atom is -0.465 e. The Labute approximate surface area is 228 Å². The summed E-state index contributed by atoms with van der Waals surface area (Å²) in [6.45, 7) is 2.13. The molecule has 2 saturated heterocycles. The summed E-state index contributed by atoms with van der Waals surface area (Å²) in [5, 5.41) is 19.7. The van der Waals surface area contributed by atoms with E-state index in [9.17, 15) is 29.4 Å². The molecule has 12 heteroatoms. The Morgan fingerprint density at radius 1 is 0.775 bits per heavy atom. The number of hydrogen-bond acceptors (Lipinski definition) is 6. The Kier molecular flexibility index (Phi) is 5.04. The minimum absolute atomic E-state index is 0.107. The molecule has 4 amide bonds. The maximum Gasteiger partial charge on any atom is 0.408 e. The summed E-state index contributed by atoms with van der Waals surface area (Å²) < 4.78 is 5.26. The van der Waals surface area contributed by atoms with Gasteiger partial charge in [0, 0.05) is 68.6 Å². The molecule has 40 heavy (non-hydrogen) atoms. The smallest absolute Gasteiger partial charge is 0.408 e. The number of carbonyl (C=O) groups is 4. The van der Waals surface area contributed by atoms with Crippen LogP contribution in [0.1, 0.15) is 31.6 Å². The Morgan fingerprint density at radius 3 is 1.62 bits per heavy atom. The molecule has 7 heterocycles. The molecule has 6 aliphatic heterocycles. The molecule has 0 radical (unpaired) electrons. The lowest BCUT2D eigenvalue weighted by Crippen LogP contribution is -2.60. The van der Waals surface area contributed by atoms with Crippen LogP contribution >= 0.6 is 0 Å². The summed E-state index contributed by atoms with van der Waals surface area (Å²) >= 11 is 0. The van der Waals surface area contributed by atoms with E-state index >= 15 is 0 Å². The van der Waals surface area contributed by atoms with E-state index in [1.807, 2.05) is 0 Å². The van der Waals surface area contributed by atoms with E-state index in [1.165, 1.54) is 4.90 Å². The highest BCUT2D eigenvalue weighted by Gasteiger charge is 2.67. The number of amides is 4. The lowest BCUT2D eigenvalue weighted by atomic mass is 10.1. The van der Waals surface area contributed by atoms with Crippen LogP contribution in [0, 0.1) is 6.92 Å². The predicted octanol–water partition coefficient (Wildman–Crippen LogP) is 3.64. The third-order valence-corrected chi connectivity index (χ3v) is 8.80. The van der Waals surface area contributed by atoms with Crippen molar-refractivity contribution in [2.24, 2.45) is 0 Å². The fourth-order valence-electron chi connectivity index (χ4n) is 7.08. The number of allylic oxidation sites excluding steroid dienone is 8. The number of aryl methyl sites for hydroxylation is 1. The molecule has 0 unspecified atom stereocenters. The fourth-order valence-corrected chi connectivity index (χ4v) is 7.08. The summed E-state index contributed by atoms with van der Waals surface area (Å²) in [5.41, 5.74) is 2.28. The maximum absolute atomic E-state index is 14.6. The van der Waals surface area contributed by atoms with Gasteiger partial charge in [-0.05, 0) is 25.7 Å². The normalized spacial score (nSPS) is 26.3. The van der Waals surface area contributed by atoms with Crippen molar-refractivity contribution in [3.63, 3.8) is 0 Å². The van der Waals surface area contributed by atoms with Gasteiger partial charge in [-0.1, -0.05) is 0 Å². The predicted molar refractivity (Wildman–Crippen MR) is 141 cm³/mol. The first-order valence-corrected chi connectivity index (χ1v) is 13.3. The monoisotopic (exact) mass is 545 g/mol. The van der Waals surface area contributed by atoms with Crippen molar-refractivity contribution in [1.82, 2.24) is 23.7 Å². The van der Waals surface area contributed by atoms with Crippen LogP contribution in [0.4, 0.5) is 21.3 Å². The fraction of sp³-hybridized carbons (Fsp3) is 0.321. The summed E-state index contributed by atoms with van der Waals surface area (Å²) in [5.74, 6) is -0.289. The Bertz CT molecular complexity index is 1450. The first-order chi connectivity index (χ1) is 19.2. The molecule has 0 aromatic carbocycles. The van der Waals surface area contributed by atoms with Gasteiger partial charge in [-0.2, -0.15) is 4.98 Å². The second kappa shape index (κ2) is 8.23. The topological polar surface area (TPSA) is 141 Å². The summed E-state index contributed by atoms with van der Waals surface area (Å²) in [6, 6.07) is -1.84. The van der Waals surface area contributed by atoms with E-state index in [2.05, 4.69) is 0 Å². The molecule has 0 saturated carbocycles. The third kappa shape index (κ3) is 2.84. The van der Waals surface area contributed by atoms with Gasteiger partial charge in [0.1, 0.15) is 0 Å². The lowest BCUT2D eigenvalue weighted by Gasteiger charge is -2.35. The average Bonchev–Trinajstić information content (AvgIpc) is 3.79. The average molecular weight is 546 g/mol. The molecular formula is C28H27N5O7+2. The van der Waals surface area contributed by atoms with Crippen molar-refractivity contribution in [2.45, 2.75) is 44.7 Å². The Morgan fingerprint density at radius 2 is 1.20 bits per heavy atom. The summed E-state index contributed by atoms with van der Waals surface area (Å²) in [7, 11) is 0. The number of likely N-dealkylation sites (tertiary alicyclic amines) is 2. The van der Waals surface area contributed by atoms with E-state index in [0.29, 0.717) is 48.5 Å². The molecule has 7 rings (SSSR count). The SMILES string of the molecule is Cc1nc([N+]2(C(=O)[C@@H]3CCCN3C(=O)O)C3=CC=C2C=C3)c([N+]2(C(=O)[C@@H]3CCCN3C(=O)O)C3=CC=C2C=C3)o1. The highest BCUT2D eigenvalue weighted by Crippen LogP contribution is 2.55. The van der Waals surface area contributed by atoms with Crippen molar-refractivity contribution in [2.75, 3.05) is 13.1 Å². The molecule has 12 nitrogen and oxygen atoms in total. The zero-order valence-electron chi connectivity index (χ0n) is 21.7. The molecule has 2 N–H and O–H groups in total.